The number of hydrogen-bond acceptors (Lipinski definition) is 2. The molecule has 3 nitrogen and oxygen atoms in total. The molecule has 21 heavy (non-hydrogen) atoms. The van der Waals surface area contributed by atoms with Crippen LogP contribution in [0.15, 0.2) is 34.8 Å². The molecule has 110 valence electrons. The maximum absolute atomic E-state index is 13.6. The zero-order chi connectivity index (χ0) is 15.6. The van der Waals surface area contributed by atoms with Gasteiger partial charge in [-0.1, -0.05) is 12.1 Å². The molecule has 0 unspecified atom stereocenters. The third kappa shape index (κ3) is 3.61. The van der Waals surface area contributed by atoms with Gasteiger partial charge < -0.3 is 10.4 Å². The van der Waals surface area contributed by atoms with Crippen molar-refractivity contribution in [1.29, 1.82) is 0 Å². The molecule has 0 atom stereocenters. The standard InChI is InChI=1S/C16H15BrFNO2/c1-9-5-11(6-10(2)15(9)18)8-19-14-4-3-12(16(20)21)7-13(14)17/h3-7,19H,8H2,1-2H3,(H,20,21). The van der Waals surface area contributed by atoms with E-state index in [1.807, 2.05) is 0 Å². The molecule has 0 radical (unpaired) electrons. The minimum atomic E-state index is -0.966. The third-order valence-electron chi connectivity index (χ3n) is 3.20. The fourth-order valence-corrected chi connectivity index (χ4v) is 2.65. The zero-order valence-electron chi connectivity index (χ0n) is 11.7. The number of benzene rings is 2. The van der Waals surface area contributed by atoms with Gasteiger partial charge in [0.25, 0.3) is 0 Å². The number of nitrogens with one attached hydrogen (secondary N) is 1. The van der Waals surface area contributed by atoms with Gasteiger partial charge in [-0.3, -0.25) is 0 Å². The first-order valence-corrected chi connectivity index (χ1v) is 7.20. The Morgan fingerprint density at radius 3 is 2.38 bits per heavy atom. The van der Waals surface area contributed by atoms with Gasteiger partial charge in [-0.15, -0.1) is 0 Å². The Hall–Kier alpha value is -1.88. The van der Waals surface area contributed by atoms with Crippen molar-refractivity contribution in [2.45, 2.75) is 20.4 Å². The summed E-state index contributed by atoms with van der Waals surface area (Å²) in [4.78, 5) is 10.9. The van der Waals surface area contributed by atoms with Gasteiger partial charge in [0, 0.05) is 16.7 Å². The maximum Gasteiger partial charge on any atom is 0.335 e. The summed E-state index contributed by atoms with van der Waals surface area (Å²) in [6, 6.07) is 8.39. The summed E-state index contributed by atoms with van der Waals surface area (Å²) in [5.41, 5.74) is 3.22. The van der Waals surface area contributed by atoms with Crippen molar-refractivity contribution in [3.8, 4) is 0 Å². The highest BCUT2D eigenvalue weighted by atomic mass is 79.9. The van der Waals surface area contributed by atoms with Crippen LogP contribution in [0.5, 0.6) is 0 Å². The Balaban J connectivity index is 2.15. The second-order valence-electron chi connectivity index (χ2n) is 4.90. The first-order chi connectivity index (χ1) is 9.88. The molecule has 2 aromatic rings. The van der Waals surface area contributed by atoms with Crippen LogP contribution in [0.1, 0.15) is 27.0 Å². The Kier molecular flexibility index (Phi) is 4.63. The minimum Gasteiger partial charge on any atom is -0.478 e. The van der Waals surface area contributed by atoms with Crippen molar-refractivity contribution in [3.63, 3.8) is 0 Å². The summed E-state index contributed by atoms with van der Waals surface area (Å²) in [7, 11) is 0. The molecule has 0 bridgehead atoms. The van der Waals surface area contributed by atoms with Gasteiger partial charge in [-0.25, -0.2) is 9.18 Å². The van der Waals surface area contributed by atoms with Crippen LogP contribution in [-0.4, -0.2) is 11.1 Å². The molecule has 0 saturated heterocycles. The van der Waals surface area contributed by atoms with Crippen LogP contribution in [0.2, 0.25) is 0 Å². The maximum atomic E-state index is 13.6. The molecule has 0 spiro atoms. The quantitative estimate of drug-likeness (QED) is 0.851. The van der Waals surface area contributed by atoms with E-state index in [0.717, 1.165) is 11.3 Å². The number of carboxylic acids is 1. The number of hydrogen-bond donors (Lipinski definition) is 2. The van der Waals surface area contributed by atoms with Crippen molar-refractivity contribution in [3.05, 3.63) is 62.9 Å². The number of aromatic carboxylic acids is 1. The van der Waals surface area contributed by atoms with E-state index in [9.17, 15) is 9.18 Å². The first kappa shape index (κ1) is 15.5. The van der Waals surface area contributed by atoms with Crippen molar-refractivity contribution in [2.75, 3.05) is 5.32 Å². The van der Waals surface area contributed by atoms with E-state index in [1.54, 1.807) is 38.1 Å². The fraction of sp³-hybridized carbons (Fsp3) is 0.188. The van der Waals surface area contributed by atoms with Crippen LogP contribution < -0.4 is 5.32 Å². The Morgan fingerprint density at radius 1 is 1.24 bits per heavy atom. The van der Waals surface area contributed by atoms with Crippen molar-refractivity contribution in [2.24, 2.45) is 0 Å². The van der Waals surface area contributed by atoms with Crippen LogP contribution >= 0.6 is 15.9 Å². The molecule has 0 fully saturated rings. The van der Waals surface area contributed by atoms with Gasteiger partial charge >= 0.3 is 5.97 Å². The number of aryl methyl sites for hydroxylation is 2. The second kappa shape index (κ2) is 6.26. The van der Waals surface area contributed by atoms with Crippen molar-refractivity contribution < 1.29 is 14.3 Å². The van der Waals surface area contributed by atoms with Crippen molar-refractivity contribution >= 4 is 27.6 Å². The predicted molar refractivity (Wildman–Crippen MR) is 84.3 cm³/mol. The molecule has 2 aromatic carbocycles. The van der Waals surface area contributed by atoms with Crippen LogP contribution in [0.25, 0.3) is 0 Å². The van der Waals surface area contributed by atoms with E-state index >= 15 is 0 Å². The highest BCUT2D eigenvalue weighted by Gasteiger charge is 2.08. The topological polar surface area (TPSA) is 49.3 Å². The molecule has 5 heteroatoms. The average molecular weight is 352 g/mol. The number of halogens is 2. The molecule has 0 amide bonds. The normalized spacial score (nSPS) is 10.5. The number of carbonyl (C=O) groups is 1. The molecule has 0 heterocycles. The molecule has 0 aromatic heterocycles. The highest BCUT2D eigenvalue weighted by molar-refractivity contribution is 9.10. The third-order valence-corrected chi connectivity index (χ3v) is 3.85. The summed E-state index contributed by atoms with van der Waals surface area (Å²) in [6.45, 7) is 4.01. The van der Waals surface area contributed by atoms with Crippen LogP contribution in [0.4, 0.5) is 10.1 Å². The van der Waals surface area contributed by atoms with E-state index in [0.29, 0.717) is 22.1 Å². The molecule has 0 aliphatic carbocycles. The lowest BCUT2D eigenvalue weighted by atomic mass is 10.1. The molecule has 0 aliphatic rings. The molecule has 0 saturated carbocycles. The smallest absolute Gasteiger partial charge is 0.335 e. The largest absolute Gasteiger partial charge is 0.478 e. The van der Waals surface area contributed by atoms with E-state index in [1.165, 1.54) is 6.07 Å². The van der Waals surface area contributed by atoms with Gasteiger partial charge in [-0.2, -0.15) is 0 Å². The van der Waals surface area contributed by atoms with Gasteiger partial charge in [0.15, 0.2) is 0 Å². The molecular formula is C16H15BrFNO2. The van der Waals surface area contributed by atoms with E-state index in [-0.39, 0.29) is 11.4 Å². The summed E-state index contributed by atoms with van der Waals surface area (Å²) < 4.78 is 14.3. The highest BCUT2D eigenvalue weighted by Crippen LogP contribution is 2.25. The van der Waals surface area contributed by atoms with E-state index in [2.05, 4.69) is 21.2 Å². The van der Waals surface area contributed by atoms with Crippen LogP contribution in [0, 0.1) is 19.7 Å². The number of rotatable bonds is 4. The molecule has 0 aliphatic heterocycles. The van der Waals surface area contributed by atoms with Crippen LogP contribution in [0.3, 0.4) is 0 Å². The Labute approximate surface area is 130 Å². The minimum absolute atomic E-state index is 0.175. The average Bonchev–Trinajstić information content (AvgIpc) is 2.43. The number of anilines is 1. The second-order valence-corrected chi connectivity index (χ2v) is 5.75. The lowest BCUT2D eigenvalue weighted by Crippen LogP contribution is -2.03. The zero-order valence-corrected chi connectivity index (χ0v) is 13.3. The molecule has 2 N–H and O–H groups in total. The van der Waals surface area contributed by atoms with Gasteiger partial charge in [0.2, 0.25) is 0 Å². The summed E-state index contributed by atoms with van der Waals surface area (Å²) in [5, 5.41) is 12.1. The predicted octanol–water partition coefficient (Wildman–Crippen LogP) is 4.52. The Morgan fingerprint density at radius 2 is 1.86 bits per heavy atom. The van der Waals surface area contributed by atoms with Gasteiger partial charge in [0.05, 0.1) is 5.56 Å². The molecule has 2 rings (SSSR count). The lowest BCUT2D eigenvalue weighted by molar-refractivity contribution is 0.0697. The fourth-order valence-electron chi connectivity index (χ4n) is 2.13. The molecular weight excluding hydrogens is 337 g/mol. The Bertz CT molecular complexity index is 678. The summed E-state index contributed by atoms with van der Waals surface area (Å²) in [6.07, 6.45) is 0. The van der Waals surface area contributed by atoms with E-state index in [4.69, 9.17) is 5.11 Å². The number of carboxylic acid groups (broad SMARTS) is 1. The summed E-state index contributed by atoms with van der Waals surface area (Å²) in [5.74, 6) is -1.14. The van der Waals surface area contributed by atoms with Crippen LogP contribution in [-0.2, 0) is 6.54 Å². The van der Waals surface area contributed by atoms with Crippen molar-refractivity contribution in [1.82, 2.24) is 0 Å². The van der Waals surface area contributed by atoms with E-state index < -0.39 is 5.97 Å². The monoisotopic (exact) mass is 351 g/mol. The first-order valence-electron chi connectivity index (χ1n) is 6.41. The summed E-state index contributed by atoms with van der Waals surface area (Å²) >= 11 is 3.34. The lowest BCUT2D eigenvalue weighted by Gasteiger charge is -2.11. The van der Waals surface area contributed by atoms with Gasteiger partial charge in [-0.05, 0) is 64.7 Å². The SMILES string of the molecule is Cc1cc(CNc2ccc(C(=O)O)cc2Br)cc(C)c1F. The van der Waals surface area contributed by atoms with Gasteiger partial charge in [0.1, 0.15) is 5.82 Å².